The van der Waals surface area contributed by atoms with Crippen LogP contribution in [0.15, 0.2) is 23.0 Å². The van der Waals surface area contributed by atoms with Crippen molar-refractivity contribution in [3.05, 3.63) is 23.0 Å². The van der Waals surface area contributed by atoms with E-state index < -0.39 is 5.60 Å². The van der Waals surface area contributed by atoms with Crippen LogP contribution in [0.2, 0.25) is 0 Å². The summed E-state index contributed by atoms with van der Waals surface area (Å²) in [5.41, 5.74) is 0.404. The van der Waals surface area contributed by atoms with Crippen LogP contribution in [-0.2, 0) is 9.53 Å². The standard InChI is InChI=1S/C15H18O4/c1-7-8-3-12-14(2,5-11(8)19-13(7)17)9-4-10(9)15(12,18)6-16/h5,9-10,12,16,18H,3-4,6H2,1-2H3/t9-,10+,12-,14+,15-/m1/s1. The number of fused-ring (bicyclic) bond motifs is 4. The van der Waals surface area contributed by atoms with Gasteiger partial charge in [-0.1, -0.05) is 6.92 Å². The zero-order valence-corrected chi connectivity index (χ0v) is 11.1. The van der Waals surface area contributed by atoms with Crippen molar-refractivity contribution in [1.82, 2.24) is 0 Å². The second-order valence-electron chi connectivity index (χ2n) is 6.72. The molecule has 3 aliphatic carbocycles. The molecule has 0 aromatic carbocycles. The first-order valence-corrected chi connectivity index (χ1v) is 6.90. The van der Waals surface area contributed by atoms with Crippen LogP contribution in [0.25, 0.3) is 0 Å². The molecule has 1 aliphatic heterocycles. The Morgan fingerprint density at radius 2 is 2.21 bits per heavy atom. The maximum Gasteiger partial charge on any atom is 0.339 e. The molecule has 0 spiro atoms. The van der Waals surface area contributed by atoms with Gasteiger partial charge in [0, 0.05) is 17.1 Å². The van der Waals surface area contributed by atoms with Gasteiger partial charge in [-0.2, -0.15) is 0 Å². The molecule has 0 radical (unpaired) electrons. The van der Waals surface area contributed by atoms with Gasteiger partial charge in [-0.3, -0.25) is 0 Å². The van der Waals surface area contributed by atoms with E-state index in [-0.39, 0.29) is 29.8 Å². The molecule has 0 unspecified atom stereocenters. The monoisotopic (exact) mass is 262 g/mol. The van der Waals surface area contributed by atoms with Crippen LogP contribution in [0.4, 0.5) is 0 Å². The molecule has 4 nitrogen and oxygen atoms in total. The fourth-order valence-electron chi connectivity index (χ4n) is 4.72. The van der Waals surface area contributed by atoms with Gasteiger partial charge in [0.25, 0.3) is 0 Å². The molecule has 0 saturated heterocycles. The predicted octanol–water partition coefficient (Wildman–Crippen LogP) is 1.14. The first-order chi connectivity index (χ1) is 8.91. The minimum atomic E-state index is -1.000. The largest absolute Gasteiger partial charge is 0.423 e. The molecule has 1 heterocycles. The first-order valence-electron chi connectivity index (χ1n) is 6.90. The average molecular weight is 262 g/mol. The van der Waals surface area contributed by atoms with Crippen LogP contribution >= 0.6 is 0 Å². The zero-order valence-electron chi connectivity index (χ0n) is 11.1. The number of hydrogen-bond donors (Lipinski definition) is 2. The summed E-state index contributed by atoms with van der Waals surface area (Å²) in [6.07, 6.45) is 3.62. The Morgan fingerprint density at radius 3 is 2.89 bits per heavy atom. The van der Waals surface area contributed by atoms with E-state index in [1.807, 2.05) is 6.08 Å². The van der Waals surface area contributed by atoms with E-state index in [0.29, 0.717) is 23.7 Å². The number of rotatable bonds is 1. The smallest absolute Gasteiger partial charge is 0.339 e. The number of aliphatic hydroxyl groups excluding tert-OH is 1. The van der Waals surface area contributed by atoms with Crippen LogP contribution < -0.4 is 0 Å². The van der Waals surface area contributed by atoms with E-state index in [2.05, 4.69) is 6.92 Å². The highest BCUT2D eigenvalue weighted by Gasteiger charge is 2.72. The normalized spacial score (nSPS) is 50.4. The average Bonchev–Trinajstić information content (AvgIpc) is 3.10. The van der Waals surface area contributed by atoms with Crippen molar-refractivity contribution < 1.29 is 19.7 Å². The first kappa shape index (κ1) is 11.7. The molecular formula is C15H18O4. The topological polar surface area (TPSA) is 66.8 Å². The zero-order chi connectivity index (χ0) is 13.6. The second-order valence-corrected chi connectivity index (χ2v) is 6.72. The molecule has 0 aromatic rings. The molecular weight excluding hydrogens is 244 g/mol. The van der Waals surface area contributed by atoms with Crippen LogP contribution in [-0.4, -0.2) is 28.4 Å². The van der Waals surface area contributed by atoms with Gasteiger partial charge in [-0.25, -0.2) is 4.79 Å². The number of esters is 1. The van der Waals surface area contributed by atoms with Crippen molar-refractivity contribution in [2.75, 3.05) is 6.61 Å². The fourth-order valence-corrected chi connectivity index (χ4v) is 4.72. The Balaban J connectivity index is 1.86. The molecule has 0 aromatic heterocycles. The van der Waals surface area contributed by atoms with E-state index in [4.69, 9.17) is 4.74 Å². The molecule has 2 N–H and O–H groups in total. The van der Waals surface area contributed by atoms with Crippen LogP contribution in [0.3, 0.4) is 0 Å². The van der Waals surface area contributed by atoms with Crippen molar-refractivity contribution in [2.45, 2.75) is 32.3 Å². The molecule has 5 atom stereocenters. The molecule has 102 valence electrons. The molecule has 19 heavy (non-hydrogen) atoms. The van der Waals surface area contributed by atoms with Crippen LogP contribution in [0.1, 0.15) is 26.7 Å². The Labute approximate surface area is 111 Å². The lowest BCUT2D eigenvalue weighted by atomic mass is 9.64. The maximum absolute atomic E-state index is 11.7. The minimum absolute atomic E-state index is 0.0167. The summed E-state index contributed by atoms with van der Waals surface area (Å²) in [7, 11) is 0. The summed E-state index contributed by atoms with van der Waals surface area (Å²) in [6.45, 7) is 3.70. The van der Waals surface area contributed by atoms with E-state index in [0.717, 1.165) is 12.0 Å². The molecule has 4 heteroatoms. The van der Waals surface area contributed by atoms with Gasteiger partial charge in [0.1, 0.15) is 5.76 Å². The lowest BCUT2D eigenvalue weighted by Gasteiger charge is -2.42. The lowest BCUT2D eigenvalue weighted by Crippen LogP contribution is -2.47. The van der Waals surface area contributed by atoms with Gasteiger partial charge in [-0.05, 0) is 43.1 Å². The number of aliphatic hydroxyl groups is 2. The third kappa shape index (κ3) is 1.15. The number of hydrogen-bond acceptors (Lipinski definition) is 4. The Kier molecular flexibility index (Phi) is 1.92. The van der Waals surface area contributed by atoms with E-state index in [1.54, 1.807) is 6.92 Å². The predicted molar refractivity (Wildman–Crippen MR) is 66.7 cm³/mol. The summed E-state index contributed by atoms with van der Waals surface area (Å²) < 4.78 is 5.32. The minimum Gasteiger partial charge on any atom is -0.423 e. The van der Waals surface area contributed by atoms with Gasteiger partial charge >= 0.3 is 5.97 Å². The SMILES string of the molecule is CC1=C2C[C@@H]3[C@@](C)(C=C2OC1=O)[C@@H]1C[C@@H]1[C@]3(O)CO. The quantitative estimate of drug-likeness (QED) is 0.695. The highest BCUT2D eigenvalue weighted by molar-refractivity contribution is 5.94. The summed E-state index contributed by atoms with van der Waals surface area (Å²) in [5.74, 6) is 0.999. The number of carbonyl (C=O) groups excluding carboxylic acids is 1. The van der Waals surface area contributed by atoms with Crippen molar-refractivity contribution in [3.8, 4) is 0 Å². The Morgan fingerprint density at radius 1 is 1.47 bits per heavy atom. The third-order valence-electron chi connectivity index (χ3n) is 5.95. The van der Waals surface area contributed by atoms with E-state index >= 15 is 0 Å². The lowest BCUT2D eigenvalue weighted by molar-refractivity contribution is -0.133. The molecule has 4 rings (SSSR count). The van der Waals surface area contributed by atoms with Gasteiger partial charge in [0.05, 0.1) is 12.2 Å². The third-order valence-corrected chi connectivity index (χ3v) is 5.95. The number of carbonyl (C=O) groups is 1. The fraction of sp³-hybridized carbons (Fsp3) is 0.667. The van der Waals surface area contributed by atoms with Crippen molar-refractivity contribution in [1.29, 1.82) is 0 Å². The Hall–Kier alpha value is -1.13. The van der Waals surface area contributed by atoms with Crippen molar-refractivity contribution in [2.24, 2.45) is 23.2 Å². The second kappa shape index (κ2) is 3.13. The maximum atomic E-state index is 11.7. The molecule has 0 amide bonds. The van der Waals surface area contributed by atoms with Crippen LogP contribution in [0.5, 0.6) is 0 Å². The van der Waals surface area contributed by atoms with Crippen molar-refractivity contribution in [3.63, 3.8) is 0 Å². The van der Waals surface area contributed by atoms with E-state index in [9.17, 15) is 15.0 Å². The van der Waals surface area contributed by atoms with Gasteiger partial charge < -0.3 is 14.9 Å². The summed E-state index contributed by atoms with van der Waals surface area (Å²) in [6, 6.07) is 0. The van der Waals surface area contributed by atoms with Crippen molar-refractivity contribution >= 4 is 5.97 Å². The number of allylic oxidation sites excluding steroid dienone is 2. The molecule has 0 bridgehead atoms. The molecule has 4 aliphatic rings. The van der Waals surface area contributed by atoms with Crippen LogP contribution in [0, 0.1) is 23.2 Å². The number of ether oxygens (including phenoxy) is 1. The van der Waals surface area contributed by atoms with Gasteiger partial charge in [0.2, 0.25) is 0 Å². The summed E-state index contributed by atoms with van der Waals surface area (Å²) >= 11 is 0. The summed E-state index contributed by atoms with van der Waals surface area (Å²) in [5, 5.41) is 20.5. The van der Waals surface area contributed by atoms with Gasteiger partial charge in [0.15, 0.2) is 0 Å². The Bertz CT molecular complexity index is 560. The van der Waals surface area contributed by atoms with E-state index in [1.165, 1.54) is 0 Å². The molecule has 2 saturated carbocycles. The van der Waals surface area contributed by atoms with Gasteiger partial charge in [-0.15, -0.1) is 0 Å². The highest BCUT2D eigenvalue weighted by atomic mass is 16.5. The summed E-state index contributed by atoms with van der Waals surface area (Å²) in [4.78, 5) is 11.7. The highest BCUT2D eigenvalue weighted by Crippen LogP contribution is 2.72. The molecule has 2 fully saturated rings.